The first-order valence-corrected chi connectivity index (χ1v) is 8.87. The van der Waals surface area contributed by atoms with Crippen molar-refractivity contribution in [1.82, 2.24) is 0 Å². The number of benzene rings is 2. The van der Waals surface area contributed by atoms with Crippen LogP contribution in [0.2, 0.25) is 0 Å². The summed E-state index contributed by atoms with van der Waals surface area (Å²) >= 11 is 0.531. The zero-order valence-corrected chi connectivity index (χ0v) is 15.3. The Morgan fingerprint density at radius 1 is 1.10 bits per heavy atom. The van der Waals surface area contributed by atoms with Gasteiger partial charge in [0, 0.05) is 0 Å². The monoisotopic (exact) mass is 423 g/mol. The number of carboxylic acids is 1. The number of aliphatic carboxylic acids is 1. The Morgan fingerprint density at radius 2 is 1.76 bits per heavy atom. The minimum atomic E-state index is -4.72. The minimum Gasteiger partial charge on any atom is -0.482 e. The van der Waals surface area contributed by atoms with E-state index in [0.29, 0.717) is 22.2 Å². The van der Waals surface area contributed by atoms with Crippen LogP contribution in [-0.4, -0.2) is 28.8 Å². The second kappa shape index (κ2) is 8.00. The first-order chi connectivity index (χ1) is 13.7. The number of halogens is 3. The van der Waals surface area contributed by atoms with Crippen LogP contribution < -0.4 is 9.64 Å². The fourth-order valence-electron chi connectivity index (χ4n) is 2.54. The third kappa shape index (κ3) is 4.60. The highest BCUT2D eigenvalue weighted by Crippen LogP contribution is 2.42. The third-order valence-corrected chi connectivity index (χ3v) is 4.65. The van der Waals surface area contributed by atoms with Crippen LogP contribution in [0.4, 0.5) is 23.7 Å². The molecule has 0 atom stereocenters. The molecule has 0 bridgehead atoms. The Balaban J connectivity index is 1.85. The van der Waals surface area contributed by atoms with Crippen molar-refractivity contribution in [1.29, 1.82) is 0 Å². The second-order valence-corrected chi connectivity index (χ2v) is 6.78. The molecule has 0 aromatic heterocycles. The van der Waals surface area contributed by atoms with Crippen molar-refractivity contribution < 1.29 is 37.4 Å². The molecule has 1 saturated heterocycles. The number of para-hydroxylation sites is 1. The van der Waals surface area contributed by atoms with Crippen molar-refractivity contribution >= 4 is 40.6 Å². The topological polar surface area (TPSA) is 83.9 Å². The van der Waals surface area contributed by atoms with Gasteiger partial charge in [0.1, 0.15) is 5.75 Å². The number of anilines is 1. The molecule has 2 amide bonds. The molecular formula is C19H12F3NO5S. The van der Waals surface area contributed by atoms with Gasteiger partial charge in [-0.2, -0.15) is 13.2 Å². The summed E-state index contributed by atoms with van der Waals surface area (Å²) in [5.41, 5.74) is -1.12. The summed E-state index contributed by atoms with van der Waals surface area (Å²) in [5.74, 6) is -1.71. The first kappa shape index (κ1) is 20.5. The molecular weight excluding hydrogens is 411 g/mol. The van der Waals surface area contributed by atoms with Gasteiger partial charge >= 0.3 is 12.1 Å². The van der Waals surface area contributed by atoms with E-state index in [1.807, 2.05) is 0 Å². The summed E-state index contributed by atoms with van der Waals surface area (Å²) in [7, 11) is 0. The van der Waals surface area contributed by atoms with E-state index in [1.165, 1.54) is 42.5 Å². The molecule has 150 valence electrons. The van der Waals surface area contributed by atoms with Crippen molar-refractivity contribution in [2.24, 2.45) is 0 Å². The predicted octanol–water partition coefficient (Wildman–Crippen LogP) is 4.41. The number of imide groups is 1. The zero-order valence-electron chi connectivity index (χ0n) is 14.5. The lowest BCUT2D eigenvalue weighted by molar-refractivity contribution is -0.139. The van der Waals surface area contributed by atoms with Crippen molar-refractivity contribution in [3.8, 4) is 5.75 Å². The summed E-state index contributed by atoms with van der Waals surface area (Å²) in [4.78, 5) is 35.8. The smallest absolute Gasteiger partial charge is 0.418 e. The number of ether oxygens (including phenoxy) is 1. The Labute approximate surface area is 166 Å². The Bertz CT molecular complexity index is 1000. The number of thioether (sulfide) groups is 1. The van der Waals surface area contributed by atoms with Crippen molar-refractivity contribution in [3.05, 3.63) is 64.6 Å². The average Bonchev–Trinajstić information content (AvgIpc) is 2.93. The maximum atomic E-state index is 13.2. The van der Waals surface area contributed by atoms with E-state index in [9.17, 15) is 27.6 Å². The SMILES string of the molecule is O=C(O)COc1ccc(/C=C2/SC(=O)N(c3ccccc3C(F)(F)F)C2=O)cc1. The Morgan fingerprint density at radius 3 is 2.38 bits per heavy atom. The van der Waals surface area contributed by atoms with Gasteiger partial charge in [-0.15, -0.1) is 0 Å². The van der Waals surface area contributed by atoms with E-state index in [4.69, 9.17) is 9.84 Å². The molecule has 1 aliphatic heterocycles. The fraction of sp³-hybridized carbons (Fsp3) is 0.105. The van der Waals surface area contributed by atoms with Crippen LogP contribution in [0, 0.1) is 0 Å². The molecule has 10 heteroatoms. The van der Waals surface area contributed by atoms with Crippen LogP contribution in [0.5, 0.6) is 5.75 Å². The van der Waals surface area contributed by atoms with E-state index in [0.717, 1.165) is 12.1 Å². The third-order valence-electron chi connectivity index (χ3n) is 3.78. The maximum absolute atomic E-state index is 13.2. The van der Waals surface area contributed by atoms with E-state index < -0.39 is 41.1 Å². The summed E-state index contributed by atoms with van der Waals surface area (Å²) in [5, 5.41) is 7.75. The molecule has 3 rings (SSSR count). The second-order valence-electron chi connectivity index (χ2n) is 5.78. The van der Waals surface area contributed by atoms with Gasteiger partial charge in [-0.1, -0.05) is 24.3 Å². The largest absolute Gasteiger partial charge is 0.482 e. The zero-order chi connectivity index (χ0) is 21.2. The van der Waals surface area contributed by atoms with Crippen LogP contribution in [0.25, 0.3) is 6.08 Å². The molecule has 1 heterocycles. The van der Waals surface area contributed by atoms with Crippen molar-refractivity contribution in [2.45, 2.75) is 6.18 Å². The molecule has 0 saturated carbocycles. The van der Waals surface area contributed by atoms with E-state index in [-0.39, 0.29) is 10.7 Å². The first-order valence-electron chi connectivity index (χ1n) is 8.05. The molecule has 0 aliphatic carbocycles. The number of carbonyl (C=O) groups is 3. The van der Waals surface area contributed by atoms with Gasteiger partial charge in [0.05, 0.1) is 16.2 Å². The number of amides is 2. The number of alkyl halides is 3. The van der Waals surface area contributed by atoms with Crippen LogP contribution in [0.15, 0.2) is 53.4 Å². The highest BCUT2D eigenvalue weighted by atomic mass is 32.2. The normalized spacial score (nSPS) is 15.8. The summed E-state index contributed by atoms with van der Waals surface area (Å²) < 4.78 is 44.7. The fourth-order valence-corrected chi connectivity index (χ4v) is 3.37. The molecule has 29 heavy (non-hydrogen) atoms. The van der Waals surface area contributed by atoms with Gasteiger partial charge < -0.3 is 9.84 Å². The summed E-state index contributed by atoms with van der Waals surface area (Å²) in [6.07, 6.45) is -3.36. The van der Waals surface area contributed by atoms with E-state index in [2.05, 4.69) is 0 Å². The molecule has 2 aromatic rings. The Hall–Kier alpha value is -3.27. The number of rotatable bonds is 5. The van der Waals surface area contributed by atoms with E-state index in [1.54, 1.807) is 0 Å². The van der Waals surface area contributed by atoms with E-state index >= 15 is 0 Å². The molecule has 0 unspecified atom stereocenters. The van der Waals surface area contributed by atoms with Gasteiger partial charge in [-0.3, -0.25) is 9.59 Å². The molecule has 2 aromatic carbocycles. The van der Waals surface area contributed by atoms with Crippen LogP contribution in [-0.2, 0) is 15.8 Å². The van der Waals surface area contributed by atoms with Gasteiger partial charge in [-0.05, 0) is 47.7 Å². The minimum absolute atomic E-state index is 0.0359. The van der Waals surface area contributed by atoms with Gasteiger partial charge in [0.25, 0.3) is 11.1 Å². The molecule has 1 fully saturated rings. The number of carboxylic acid groups (broad SMARTS) is 1. The van der Waals surface area contributed by atoms with Gasteiger partial charge in [0.15, 0.2) is 6.61 Å². The lowest BCUT2D eigenvalue weighted by atomic mass is 10.1. The molecule has 1 N–H and O–H groups in total. The molecule has 6 nitrogen and oxygen atoms in total. The highest BCUT2D eigenvalue weighted by Gasteiger charge is 2.42. The maximum Gasteiger partial charge on any atom is 0.418 e. The molecule has 0 spiro atoms. The van der Waals surface area contributed by atoms with Crippen molar-refractivity contribution in [2.75, 3.05) is 11.5 Å². The van der Waals surface area contributed by atoms with Gasteiger partial charge in [0.2, 0.25) is 0 Å². The summed E-state index contributed by atoms with van der Waals surface area (Å²) in [6.45, 7) is -0.517. The van der Waals surface area contributed by atoms with Crippen LogP contribution in [0.3, 0.4) is 0 Å². The lowest BCUT2D eigenvalue weighted by Gasteiger charge is -2.18. The number of nitrogens with zero attached hydrogens (tertiary/aromatic N) is 1. The predicted molar refractivity (Wildman–Crippen MR) is 99.5 cm³/mol. The van der Waals surface area contributed by atoms with Crippen LogP contribution in [0.1, 0.15) is 11.1 Å². The standard InChI is InChI=1S/C19H12F3NO5S/c20-19(21,22)13-3-1-2-4-14(13)23-17(26)15(29-18(23)27)9-11-5-7-12(8-6-11)28-10-16(24)25/h1-9H,10H2,(H,24,25)/b15-9+. The number of hydrogen-bond donors (Lipinski definition) is 1. The Kier molecular flexibility index (Phi) is 5.64. The number of carbonyl (C=O) groups excluding carboxylic acids is 2. The molecule has 0 radical (unpaired) electrons. The van der Waals surface area contributed by atoms with Crippen LogP contribution >= 0.6 is 11.8 Å². The number of hydrogen-bond acceptors (Lipinski definition) is 5. The van der Waals surface area contributed by atoms with Crippen molar-refractivity contribution in [3.63, 3.8) is 0 Å². The average molecular weight is 423 g/mol. The quantitative estimate of drug-likeness (QED) is 0.718. The highest BCUT2D eigenvalue weighted by molar-refractivity contribution is 8.19. The molecule has 1 aliphatic rings. The summed E-state index contributed by atoms with van der Waals surface area (Å²) in [6, 6.07) is 10.3. The lowest BCUT2D eigenvalue weighted by Crippen LogP contribution is -2.30. The van der Waals surface area contributed by atoms with Gasteiger partial charge in [-0.25, -0.2) is 9.69 Å².